The number of rotatable bonds is 1. The molecule has 4 rings (SSSR count). The Morgan fingerprint density at radius 2 is 2.15 bits per heavy atom. The Labute approximate surface area is 115 Å². The lowest BCUT2D eigenvalue weighted by Crippen LogP contribution is -2.22. The monoisotopic (exact) mass is 264 g/mol. The Hall–Kier alpha value is -2.62. The van der Waals surface area contributed by atoms with Crippen molar-refractivity contribution in [2.24, 2.45) is 0 Å². The van der Waals surface area contributed by atoms with Crippen molar-refractivity contribution in [2.75, 3.05) is 0 Å². The summed E-state index contributed by atoms with van der Waals surface area (Å²) in [5.74, 6) is 0.750. The van der Waals surface area contributed by atoms with Gasteiger partial charge in [0.05, 0.1) is 12.1 Å². The van der Waals surface area contributed by atoms with Gasteiger partial charge in [-0.3, -0.25) is 9.78 Å². The summed E-state index contributed by atoms with van der Waals surface area (Å²) in [5, 5.41) is 0.703. The van der Waals surface area contributed by atoms with E-state index in [1.807, 2.05) is 42.7 Å². The highest BCUT2D eigenvalue weighted by molar-refractivity contribution is 5.85. The van der Waals surface area contributed by atoms with Gasteiger partial charge in [-0.15, -0.1) is 0 Å². The lowest BCUT2D eigenvalue weighted by Gasteiger charge is -2.28. The average molecular weight is 264 g/mol. The van der Waals surface area contributed by atoms with Gasteiger partial charge in [-0.05, 0) is 18.2 Å². The maximum absolute atomic E-state index is 11.9. The quantitative estimate of drug-likeness (QED) is 0.678. The summed E-state index contributed by atoms with van der Waals surface area (Å²) in [6, 6.07) is 11.1. The van der Waals surface area contributed by atoms with Crippen LogP contribution in [0.3, 0.4) is 0 Å². The van der Waals surface area contributed by atoms with Crippen LogP contribution in [0.4, 0.5) is 0 Å². The lowest BCUT2D eigenvalue weighted by molar-refractivity contribution is 0.173. The second-order valence-electron chi connectivity index (χ2n) is 4.88. The molecule has 4 nitrogen and oxygen atoms in total. The van der Waals surface area contributed by atoms with E-state index in [9.17, 15) is 4.79 Å². The van der Waals surface area contributed by atoms with E-state index in [-0.39, 0.29) is 11.5 Å². The van der Waals surface area contributed by atoms with Gasteiger partial charge in [0, 0.05) is 35.6 Å². The molecule has 0 amide bonds. The fourth-order valence-electron chi connectivity index (χ4n) is 2.70. The summed E-state index contributed by atoms with van der Waals surface area (Å²) in [6.07, 6.45) is 5.32. The van der Waals surface area contributed by atoms with Crippen LogP contribution in [0.5, 0.6) is 5.75 Å². The van der Waals surface area contributed by atoms with Crippen molar-refractivity contribution in [1.82, 2.24) is 9.55 Å². The van der Waals surface area contributed by atoms with Crippen LogP contribution in [-0.2, 0) is 6.54 Å². The van der Waals surface area contributed by atoms with Gasteiger partial charge in [0.25, 0.3) is 0 Å². The van der Waals surface area contributed by atoms with Gasteiger partial charge in [0.15, 0.2) is 5.43 Å². The first-order chi connectivity index (χ1) is 9.83. The summed E-state index contributed by atoms with van der Waals surface area (Å²) in [7, 11) is 0. The molecular weight excluding hydrogens is 252 g/mol. The van der Waals surface area contributed by atoms with Crippen molar-refractivity contribution in [3.63, 3.8) is 0 Å². The van der Waals surface area contributed by atoms with Crippen LogP contribution in [0.25, 0.3) is 10.9 Å². The van der Waals surface area contributed by atoms with Crippen LogP contribution >= 0.6 is 0 Å². The standard InChI is InChI=1S/C16H12N2O2/c19-13-6-8-18-10-15(11-3-2-7-17-9-11)20-14-5-1-4-12(13)16(14)18/h1-9,15H,10H2. The molecule has 1 aliphatic heterocycles. The summed E-state index contributed by atoms with van der Waals surface area (Å²) < 4.78 is 8.12. The topological polar surface area (TPSA) is 44.1 Å². The number of aromatic nitrogens is 2. The summed E-state index contributed by atoms with van der Waals surface area (Å²) >= 11 is 0. The fourth-order valence-corrected chi connectivity index (χ4v) is 2.70. The lowest BCUT2D eigenvalue weighted by atomic mass is 10.1. The first kappa shape index (κ1) is 11.2. The molecule has 0 spiro atoms. The number of nitrogens with zero attached hydrogens (tertiary/aromatic N) is 2. The van der Waals surface area contributed by atoms with Crippen molar-refractivity contribution >= 4 is 10.9 Å². The predicted octanol–water partition coefficient (Wildman–Crippen LogP) is 2.53. The summed E-state index contributed by atoms with van der Waals surface area (Å²) in [5.41, 5.74) is 1.94. The number of hydrogen-bond acceptors (Lipinski definition) is 3. The predicted molar refractivity (Wildman–Crippen MR) is 75.8 cm³/mol. The van der Waals surface area contributed by atoms with Crippen molar-refractivity contribution in [3.8, 4) is 5.75 Å². The van der Waals surface area contributed by atoms with Gasteiger partial charge < -0.3 is 9.30 Å². The molecule has 1 aromatic carbocycles. The van der Waals surface area contributed by atoms with Gasteiger partial charge >= 0.3 is 0 Å². The van der Waals surface area contributed by atoms with E-state index in [0.717, 1.165) is 16.8 Å². The third-order valence-electron chi connectivity index (χ3n) is 3.65. The van der Waals surface area contributed by atoms with Gasteiger partial charge in [0.1, 0.15) is 11.9 Å². The van der Waals surface area contributed by atoms with Crippen molar-refractivity contribution in [3.05, 3.63) is 70.8 Å². The van der Waals surface area contributed by atoms with Crippen molar-refractivity contribution < 1.29 is 4.74 Å². The minimum Gasteiger partial charge on any atom is -0.482 e. The van der Waals surface area contributed by atoms with Gasteiger partial charge in [-0.2, -0.15) is 0 Å². The van der Waals surface area contributed by atoms with Crippen LogP contribution in [0.15, 0.2) is 59.8 Å². The molecule has 3 aromatic rings. The first-order valence-electron chi connectivity index (χ1n) is 6.52. The number of ether oxygens (including phenoxy) is 1. The van der Waals surface area contributed by atoms with E-state index in [4.69, 9.17) is 4.74 Å². The van der Waals surface area contributed by atoms with E-state index in [1.54, 1.807) is 12.3 Å². The molecule has 0 saturated carbocycles. The first-order valence-corrected chi connectivity index (χ1v) is 6.52. The minimum absolute atomic E-state index is 0.0292. The molecule has 4 heteroatoms. The Kier molecular flexibility index (Phi) is 2.36. The average Bonchev–Trinajstić information content (AvgIpc) is 2.51. The number of pyridine rings is 2. The van der Waals surface area contributed by atoms with Gasteiger partial charge in [0.2, 0.25) is 0 Å². The number of para-hydroxylation sites is 1. The molecule has 0 saturated heterocycles. The molecule has 1 unspecified atom stereocenters. The molecular formula is C16H12N2O2. The highest BCUT2D eigenvalue weighted by atomic mass is 16.5. The highest BCUT2D eigenvalue weighted by Gasteiger charge is 2.22. The minimum atomic E-state index is -0.0793. The van der Waals surface area contributed by atoms with Crippen molar-refractivity contribution in [1.29, 1.82) is 0 Å². The smallest absolute Gasteiger partial charge is 0.189 e. The zero-order valence-electron chi connectivity index (χ0n) is 10.7. The molecule has 0 aliphatic carbocycles. The summed E-state index contributed by atoms with van der Waals surface area (Å²) in [6.45, 7) is 0.680. The zero-order valence-corrected chi connectivity index (χ0v) is 10.7. The van der Waals surface area contributed by atoms with E-state index < -0.39 is 0 Å². The molecule has 0 radical (unpaired) electrons. The number of benzene rings is 1. The van der Waals surface area contributed by atoms with Crippen LogP contribution < -0.4 is 10.2 Å². The third kappa shape index (κ3) is 1.61. The Morgan fingerprint density at radius 1 is 1.20 bits per heavy atom. The molecule has 3 heterocycles. The van der Waals surface area contributed by atoms with Crippen LogP contribution in [0, 0.1) is 0 Å². The fraction of sp³-hybridized carbons (Fsp3) is 0.125. The van der Waals surface area contributed by atoms with E-state index in [1.165, 1.54) is 0 Å². The Balaban J connectivity index is 1.89. The second-order valence-corrected chi connectivity index (χ2v) is 4.88. The third-order valence-corrected chi connectivity index (χ3v) is 3.65. The zero-order chi connectivity index (χ0) is 13.5. The number of hydrogen-bond donors (Lipinski definition) is 0. The molecule has 98 valence electrons. The molecule has 0 fully saturated rings. The van der Waals surface area contributed by atoms with E-state index in [0.29, 0.717) is 11.9 Å². The Morgan fingerprint density at radius 3 is 3.00 bits per heavy atom. The van der Waals surface area contributed by atoms with Crippen molar-refractivity contribution in [2.45, 2.75) is 12.6 Å². The van der Waals surface area contributed by atoms with Crippen LogP contribution in [-0.4, -0.2) is 9.55 Å². The van der Waals surface area contributed by atoms with Crippen LogP contribution in [0.1, 0.15) is 11.7 Å². The largest absolute Gasteiger partial charge is 0.482 e. The maximum Gasteiger partial charge on any atom is 0.189 e. The Bertz CT molecular complexity index is 828. The molecule has 2 aromatic heterocycles. The molecule has 0 bridgehead atoms. The SMILES string of the molecule is O=c1ccn2c3c(cccc13)OC(c1cccnc1)C2. The summed E-state index contributed by atoms with van der Waals surface area (Å²) in [4.78, 5) is 16.0. The molecule has 0 N–H and O–H groups in total. The van der Waals surface area contributed by atoms with Gasteiger partial charge in [-0.25, -0.2) is 0 Å². The molecule has 1 aliphatic rings. The van der Waals surface area contributed by atoms with Crippen LogP contribution in [0.2, 0.25) is 0 Å². The van der Waals surface area contributed by atoms with E-state index >= 15 is 0 Å². The molecule has 1 atom stereocenters. The maximum atomic E-state index is 11.9. The van der Waals surface area contributed by atoms with E-state index in [2.05, 4.69) is 9.55 Å². The second kappa shape index (κ2) is 4.20. The van der Waals surface area contributed by atoms with Gasteiger partial charge in [-0.1, -0.05) is 12.1 Å². The molecule has 20 heavy (non-hydrogen) atoms. The highest BCUT2D eigenvalue weighted by Crippen LogP contribution is 2.33. The normalized spacial score (nSPS) is 16.9.